The van der Waals surface area contributed by atoms with Crippen molar-refractivity contribution in [2.75, 3.05) is 7.11 Å². The summed E-state index contributed by atoms with van der Waals surface area (Å²) in [5.41, 5.74) is 0.858. The number of carbonyl (C=O) groups excluding carboxylic acids is 3. The Labute approximate surface area is 158 Å². The molecule has 0 radical (unpaired) electrons. The van der Waals surface area contributed by atoms with Crippen molar-refractivity contribution in [3.63, 3.8) is 0 Å². The first-order valence-electron chi connectivity index (χ1n) is 8.52. The van der Waals surface area contributed by atoms with Crippen molar-refractivity contribution in [3.8, 4) is 0 Å². The minimum absolute atomic E-state index is 0.0271. The maximum atomic E-state index is 12.2. The van der Waals surface area contributed by atoms with Crippen molar-refractivity contribution in [1.82, 2.24) is 0 Å². The second kappa shape index (κ2) is 8.45. The maximum Gasteiger partial charge on any atom is 0.334 e. The highest BCUT2D eigenvalue weighted by molar-refractivity contribution is 5.92. The number of aliphatic hydroxyl groups is 1. The van der Waals surface area contributed by atoms with Crippen molar-refractivity contribution in [3.05, 3.63) is 48.1 Å². The number of ether oxygens (including phenoxy) is 3. The zero-order valence-corrected chi connectivity index (χ0v) is 15.5. The van der Waals surface area contributed by atoms with Crippen LogP contribution in [0.25, 0.3) is 0 Å². The molecule has 1 N–H and O–H groups in total. The minimum Gasteiger partial charge on any atom is -0.455 e. The summed E-state index contributed by atoms with van der Waals surface area (Å²) in [5, 5.41) is 10.6. The van der Waals surface area contributed by atoms with Crippen LogP contribution in [-0.2, 0) is 28.6 Å². The van der Waals surface area contributed by atoms with Gasteiger partial charge < -0.3 is 19.3 Å². The van der Waals surface area contributed by atoms with E-state index >= 15 is 0 Å². The average Bonchev–Trinajstić information content (AvgIpc) is 2.92. The summed E-state index contributed by atoms with van der Waals surface area (Å²) in [6.07, 6.45) is -1.26. The van der Waals surface area contributed by atoms with E-state index in [1.165, 1.54) is 14.0 Å². The molecule has 1 saturated heterocycles. The van der Waals surface area contributed by atoms with Crippen LogP contribution in [0.1, 0.15) is 19.8 Å². The number of hydrogen-bond donors (Lipinski definition) is 1. The van der Waals surface area contributed by atoms with Gasteiger partial charge in [-0.3, -0.25) is 4.79 Å². The highest BCUT2D eigenvalue weighted by Gasteiger charge is 2.52. The van der Waals surface area contributed by atoms with Crippen molar-refractivity contribution < 1.29 is 33.7 Å². The average molecular weight is 376 g/mol. The van der Waals surface area contributed by atoms with Crippen LogP contribution in [0.4, 0.5) is 0 Å². The van der Waals surface area contributed by atoms with Gasteiger partial charge in [-0.2, -0.15) is 0 Å². The Morgan fingerprint density at radius 3 is 2.63 bits per heavy atom. The summed E-state index contributed by atoms with van der Waals surface area (Å²) in [5.74, 6) is -2.35. The number of rotatable bonds is 4. The molecule has 27 heavy (non-hydrogen) atoms. The molecular weight excluding hydrogens is 352 g/mol. The van der Waals surface area contributed by atoms with Gasteiger partial charge in [-0.05, 0) is 25.3 Å². The molecule has 1 aliphatic carbocycles. The molecule has 0 bridgehead atoms. The zero-order chi connectivity index (χ0) is 20.3. The van der Waals surface area contributed by atoms with E-state index in [2.05, 4.69) is 19.7 Å². The first-order chi connectivity index (χ1) is 12.7. The van der Waals surface area contributed by atoms with Gasteiger partial charge in [0, 0.05) is 23.8 Å². The summed E-state index contributed by atoms with van der Waals surface area (Å²) in [6.45, 7) is 12.6. The fourth-order valence-electron chi connectivity index (χ4n) is 3.30. The lowest BCUT2D eigenvalue weighted by atomic mass is 9.80. The number of methoxy groups -OCH3 is 1. The molecule has 0 aromatic rings. The Bertz CT molecular complexity index is 718. The fourth-order valence-corrected chi connectivity index (χ4v) is 3.30. The molecule has 0 amide bonds. The van der Waals surface area contributed by atoms with Gasteiger partial charge in [-0.25, -0.2) is 9.59 Å². The molecule has 0 aromatic carbocycles. The van der Waals surface area contributed by atoms with Crippen LogP contribution in [0.3, 0.4) is 0 Å². The molecule has 2 aliphatic rings. The van der Waals surface area contributed by atoms with Gasteiger partial charge in [0.15, 0.2) is 0 Å². The number of fused-ring (bicyclic) bond motifs is 1. The number of hydrogen-bond acceptors (Lipinski definition) is 7. The number of aliphatic hydroxyl groups excluding tert-OH is 1. The van der Waals surface area contributed by atoms with Crippen LogP contribution in [0.5, 0.6) is 0 Å². The van der Waals surface area contributed by atoms with Gasteiger partial charge in [0.25, 0.3) is 0 Å². The Hall–Kier alpha value is -2.51. The lowest BCUT2D eigenvalue weighted by Gasteiger charge is -2.35. The third kappa shape index (κ3) is 4.09. The van der Waals surface area contributed by atoms with Gasteiger partial charge in [-0.15, -0.1) is 0 Å². The van der Waals surface area contributed by atoms with Crippen LogP contribution in [0.15, 0.2) is 48.1 Å². The Morgan fingerprint density at radius 2 is 2.07 bits per heavy atom. The molecule has 0 saturated carbocycles. The molecule has 1 unspecified atom stereocenters. The first kappa shape index (κ1) is 20.8. The highest BCUT2D eigenvalue weighted by Crippen LogP contribution is 2.39. The summed E-state index contributed by atoms with van der Waals surface area (Å²) < 4.78 is 16.3. The lowest BCUT2D eigenvalue weighted by molar-refractivity contribution is -0.158. The molecular formula is C20H24O7. The lowest BCUT2D eigenvalue weighted by Crippen LogP contribution is -2.47. The van der Waals surface area contributed by atoms with Crippen LogP contribution >= 0.6 is 0 Å². The van der Waals surface area contributed by atoms with E-state index in [1.807, 2.05) is 0 Å². The summed E-state index contributed by atoms with van der Waals surface area (Å²) in [7, 11) is 1.36. The fraction of sp³-hybridized carbons (Fsp3) is 0.450. The van der Waals surface area contributed by atoms with E-state index in [0.717, 1.165) is 0 Å². The molecule has 0 spiro atoms. The van der Waals surface area contributed by atoms with Crippen molar-refractivity contribution in [1.29, 1.82) is 0 Å². The number of esters is 2. The molecule has 7 nitrogen and oxygen atoms in total. The first-order valence-corrected chi connectivity index (χ1v) is 8.52. The van der Waals surface area contributed by atoms with Gasteiger partial charge in [0.2, 0.25) is 0 Å². The molecule has 1 heterocycles. The Balaban J connectivity index is 2.61. The second-order valence-corrected chi connectivity index (χ2v) is 6.69. The predicted molar refractivity (Wildman–Crippen MR) is 96.5 cm³/mol. The second-order valence-electron chi connectivity index (χ2n) is 6.69. The quantitative estimate of drug-likeness (QED) is 0.343. The van der Waals surface area contributed by atoms with E-state index < -0.39 is 42.3 Å². The van der Waals surface area contributed by atoms with Crippen LogP contribution in [0.2, 0.25) is 0 Å². The molecule has 146 valence electrons. The molecule has 2 rings (SSSR count). The summed E-state index contributed by atoms with van der Waals surface area (Å²) in [4.78, 5) is 36.0. The van der Waals surface area contributed by atoms with E-state index in [-0.39, 0.29) is 16.7 Å². The third-order valence-corrected chi connectivity index (χ3v) is 4.80. The van der Waals surface area contributed by atoms with E-state index in [1.54, 1.807) is 6.08 Å². The maximum absolute atomic E-state index is 12.2. The van der Waals surface area contributed by atoms with Crippen molar-refractivity contribution in [2.24, 2.45) is 5.92 Å². The summed E-state index contributed by atoms with van der Waals surface area (Å²) >= 11 is 0. The van der Waals surface area contributed by atoms with Crippen LogP contribution < -0.4 is 0 Å². The third-order valence-electron chi connectivity index (χ3n) is 4.80. The number of carbonyl (C=O) groups is 3. The number of aldehydes is 1. The monoisotopic (exact) mass is 376 g/mol. The SMILES string of the molecule is C=C(C)C(=O)O[C@@H]1C(OC)/C(C=O)=C\CCC(=C)[C@H](O)[C@H]2OC(=O)C(=C)[C@@H]21. The van der Waals surface area contributed by atoms with E-state index in [0.29, 0.717) is 24.7 Å². The standard InChI is InChI=1S/C20H24O7/c1-10(2)19(23)27-18-14-12(4)20(24)26-17(14)15(22)11(3)7-6-8-13(9-21)16(18)25-5/h8-9,14-18,22H,1,3-4,6-7H2,2,5H3/b13-8-/t14-,15-,16?,17-,18-/m0/s1. The van der Waals surface area contributed by atoms with Crippen molar-refractivity contribution in [2.45, 2.75) is 44.2 Å². The van der Waals surface area contributed by atoms with E-state index in [4.69, 9.17) is 14.2 Å². The normalized spacial score (nSPS) is 33.4. The van der Waals surface area contributed by atoms with Crippen LogP contribution in [0, 0.1) is 5.92 Å². The van der Waals surface area contributed by atoms with Gasteiger partial charge in [-0.1, -0.05) is 25.8 Å². The minimum atomic E-state index is -1.17. The molecule has 0 aromatic heterocycles. The molecule has 7 heteroatoms. The molecule has 5 atom stereocenters. The van der Waals surface area contributed by atoms with Crippen LogP contribution in [-0.4, -0.2) is 54.9 Å². The zero-order valence-electron chi connectivity index (χ0n) is 15.5. The summed E-state index contributed by atoms with van der Waals surface area (Å²) in [6, 6.07) is 0. The highest BCUT2D eigenvalue weighted by atomic mass is 16.6. The van der Waals surface area contributed by atoms with E-state index in [9.17, 15) is 19.5 Å². The smallest absolute Gasteiger partial charge is 0.334 e. The Kier molecular flexibility index (Phi) is 6.51. The van der Waals surface area contributed by atoms with Gasteiger partial charge in [0.1, 0.15) is 30.7 Å². The number of allylic oxidation sites excluding steroid dienone is 1. The molecule has 1 fully saturated rings. The Morgan fingerprint density at radius 1 is 1.41 bits per heavy atom. The largest absolute Gasteiger partial charge is 0.455 e. The molecule has 1 aliphatic heterocycles. The predicted octanol–water partition coefficient (Wildman–Crippen LogP) is 1.42. The topological polar surface area (TPSA) is 99.1 Å². The van der Waals surface area contributed by atoms with Gasteiger partial charge in [0.05, 0.1) is 5.92 Å². The van der Waals surface area contributed by atoms with Gasteiger partial charge >= 0.3 is 11.9 Å². The van der Waals surface area contributed by atoms with Crippen molar-refractivity contribution >= 4 is 18.2 Å².